The Morgan fingerprint density at radius 2 is 0.973 bits per heavy atom. The molecule has 0 saturated carbocycles. The van der Waals surface area contributed by atoms with Gasteiger partial charge in [0.15, 0.2) is 0 Å². The monoisotopic (exact) mass is 535 g/mol. The second-order valence-corrected chi connectivity index (χ2v) is 9.64. The Kier molecular flexibility index (Phi) is 19.6. The van der Waals surface area contributed by atoms with E-state index in [1.807, 2.05) is 27.7 Å². The van der Waals surface area contributed by atoms with E-state index in [4.69, 9.17) is 37.9 Å². The van der Waals surface area contributed by atoms with E-state index in [0.29, 0.717) is 112 Å². The summed E-state index contributed by atoms with van der Waals surface area (Å²) in [6.45, 7) is 14.6. The van der Waals surface area contributed by atoms with Crippen molar-refractivity contribution in [1.29, 1.82) is 0 Å². The van der Waals surface area contributed by atoms with Gasteiger partial charge >= 0.3 is 5.97 Å². The highest BCUT2D eigenvalue weighted by Gasteiger charge is 2.23. The van der Waals surface area contributed by atoms with Crippen molar-refractivity contribution in [2.45, 2.75) is 46.1 Å². The number of hydrogen-bond acceptors (Lipinski definition) is 10. The van der Waals surface area contributed by atoms with Crippen LogP contribution < -0.4 is 0 Å². The minimum absolute atomic E-state index is 0.0389. The summed E-state index contributed by atoms with van der Waals surface area (Å²) in [6, 6.07) is 0. The molecule has 0 aliphatic carbocycles. The zero-order valence-electron chi connectivity index (χ0n) is 23.3. The van der Waals surface area contributed by atoms with Crippen LogP contribution in [0.1, 0.15) is 40.5 Å². The number of rotatable bonds is 4. The first-order valence-electron chi connectivity index (χ1n) is 13.3. The van der Waals surface area contributed by atoms with Crippen molar-refractivity contribution in [2.24, 2.45) is 5.92 Å². The first-order chi connectivity index (χ1) is 17.8. The van der Waals surface area contributed by atoms with Crippen molar-refractivity contribution >= 4 is 11.9 Å². The Morgan fingerprint density at radius 3 is 1.30 bits per heavy atom. The summed E-state index contributed by atoms with van der Waals surface area (Å²) in [6.07, 6.45) is 0.615. The third-order valence-corrected chi connectivity index (χ3v) is 5.18. The Balaban J connectivity index is 2.47. The van der Waals surface area contributed by atoms with Gasteiger partial charge in [0.05, 0.1) is 92.5 Å². The first kappa shape index (κ1) is 33.7. The lowest BCUT2D eigenvalue weighted by molar-refractivity contribution is -0.155. The molecule has 1 atom stereocenters. The van der Waals surface area contributed by atoms with Crippen molar-refractivity contribution in [3.8, 4) is 0 Å². The molecule has 11 nitrogen and oxygen atoms in total. The van der Waals surface area contributed by atoms with Crippen molar-refractivity contribution in [3.05, 3.63) is 0 Å². The fraction of sp³-hybridized carbons (Fsp3) is 0.923. The van der Waals surface area contributed by atoms with Crippen LogP contribution >= 0.6 is 0 Å². The molecule has 0 aromatic carbocycles. The van der Waals surface area contributed by atoms with Crippen LogP contribution in [-0.2, 0) is 47.5 Å². The second kappa shape index (κ2) is 21.6. The normalized spacial score (nSPS) is 20.9. The van der Waals surface area contributed by atoms with E-state index in [-0.39, 0.29) is 24.2 Å². The molecular formula is C26H49NO10. The molecule has 1 aliphatic rings. The van der Waals surface area contributed by atoms with E-state index in [2.05, 4.69) is 0 Å². The molecule has 0 unspecified atom stereocenters. The molecule has 11 heteroatoms. The minimum Gasteiger partial charge on any atom is -0.460 e. The molecule has 37 heavy (non-hydrogen) atoms. The molecule has 1 fully saturated rings. The van der Waals surface area contributed by atoms with Gasteiger partial charge in [-0.3, -0.25) is 9.59 Å². The summed E-state index contributed by atoms with van der Waals surface area (Å²) < 4.78 is 44.0. The SMILES string of the molecule is C[C@@H](CCC(=O)OC(C)(C)C)C(=O)N1CCOCCOCCOCCOCCOCCOCCOCC1. The lowest BCUT2D eigenvalue weighted by Crippen LogP contribution is -2.40. The van der Waals surface area contributed by atoms with Gasteiger partial charge < -0.3 is 42.8 Å². The molecule has 218 valence electrons. The minimum atomic E-state index is -0.540. The maximum atomic E-state index is 13.1. The molecule has 0 N–H and O–H groups in total. The smallest absolute Gasteiger partial charge is 0.306 e. The number of carbonyl (C=O) groups excluding carboxylic acids is 2. The average molecular weight is 536 g/mol. The summed E-state index contributed by atoms with van der Waals surface area (Å²) in [4.78, 5) is 26.9. The molecule has 1 amide bonds. The highest BCUT2D eigenvalue weighted by Crippen LogP contribution is 2.14. The lowest BCUT2D eigenvalue weighted by atomic mass is 10.0. The Hall–Kier alpha value is -1.34. The molecule has 1 aliphatic heterocycles. The standard InChI is InChI=1S/C26H49NO10/c1-23(5-6-24(28)37-26(2,3)4)25(29)27-7-9-30-11-13-32-15-17-34-19-21-36-22-20-35-18-16-33-14-12-31-10-8-27/h23H,5-22H2,1-4H3/t23-/m0/s1. The maximum Gasteiger partial charge on any atom is 0.306 e. The maximum absolute atomic E-state index is 13.1. The van der Waals surface area contributed by atoms with Crippen LogP contribution in [0, 0.1) is 5.92 Å². The Bertz CT molecular complexity index is 560. The van der Waals surface area contributed by atoms with Crippen molar-refractivity contribution in [2.75, 3.05) is 106 Å². The van der Waals surface area contributed by atoms with Gasteiger partial charge in [0, 0.05) is 25.4 Å². The van der Waals surface area contributed by atoms with E-state index in [9.17, 15) is 9.59 Å². The van der Waals surface area contributed by atoms with Crippen LogP contribution in [0.15, 0.2) is 0 Å². The highest BCUT2D eigenvalue weighted by atomic mass is 16.6. The number of carbonyl (C=O) groups is 2. The van der Waals surface area contributed by atoms with Crippen LogP contribution in [0.4, 0.5) is 0 Å². The molecule has 1 rings (SSSR count). The number of hydrogen-bond donors (Lipinski definition) is 0. The van der Waals surface area contributed by atoms with Gasteiger partial charge in [0.25, 0.3) is 0 Å². The quantitative estimate of drug-likeness (QED) is 0.493. The van der Waals surface area contributed by atoms with Crippen molar-refractivity contribution in [1.82, 2.24) is 4.90 Å². The molecule has 0 aromatic heterocycles. The number of ether oxygens (including phenoxy) is 8. The predicted octanol–water partition coefficient (Wildman–Crippen LogP) is 1.70. The van der Waals surface area contributed by atoms with Gasteiger partial charge in [-0.25, -0.2) is 0 Å². The number of esters is 1. The zero-order valence-corrected chi connectivity index (χ0v) is 23.3. The van der Waals surface area contributed by atoms with Crippen molar-refractivity contribution in [3.63, 3.8) is 0 Å². The average Bonchev–Trinajstić information content (AvgIpc) is 2.84. The topological polar surface area (TPSA) is 111 Å². The zero-order chi connectivity index (χ0) is 27.2. The van der Waals surface area contributed by atoms with Gasteiger partial charge in [-0.05, 0) is 27.2 Å². The van der Waals surface area contributed by atoms with E-state index < -0.39 is 5.60 Å². The first-order valence-corrected chi connectivity index (χ1v) is 13.3. The van der Waals surface area contributed by atoms with Gasteiger partial charge in [0.1, 0.15) is 5.60 Å². The summed E-state index contributed by atoms with van der Waals surface area (Å²) >= 11 is 0. The number of nitrogens with zero attached hydrogens (tertiary/aromatic N) is 1. The molecule has 1 saturated heterocycles. The van der Waals surface area contributed by atoms with Crippen molar-refractivity contribution < 1.29 is 47.5 Å². The van der Waals surface area contributed by atoms with Gasteiger partial charge in [0.2, 0.25) is 5.91 Å². The third kappa shape index (κ3) is 20.3. The van der Waals surface area contributed by atoms with Gasteiger partial charge in [-0.2, -0.15) is 0 Å². The molecule has 0 bridgehead atoms. The van der Waals surface area contributed by atoms with Crippen LogP contribution in [-0.4, -0.2) is 128 Å². The van der Waals surface area contributed by atoms with Gasteiger partial charge in [-0.1, -0.05) is 6.92 Å². The Labute approximate surface area is 222 Å². The number of amides is 1. The molecular weight excluding hydrogens is 486 g/mol. The predicted molar refractivity (Wildman–Crippen MR) is 137 cm³/mol. The van der Waals surface area contributed by atoms with E-state index in [1.54, 1.807) is 4.90 Å². The summed E-state index contributed by atoms with van der Waals surface area (Å²) in [5.74, 6) is -0.661. The van der Waals surface area contributed by atoms with E-state index >= 15 is 0 Å². The molecule has 0 spiro atoms. The molecule has 1 heterocycles. The summed E-state index contributed by atoms with van der Waals surface area (Å²) in [7, 11) is 0. The third-order valence-electron chi connectivity index (χ3n) is 5.18. The van der Waals surface area contributed by atoms with E-state index in [0.717, 1.165) is 0 Å². The van der Waals surface area contributed by atoms with Crippen LogP contribution in [0.5, 0.6) is 0 Å². The van der Waals surface area contributed by atoms with Crippen LogP contribution in [0.25, 0.3) is 0 Å². The molecule has 0 radical (unpaired) electrons. The van der Waals surface area contributed by atoms with Crippen LogP contribution in [0.2, 0.25) is 0 Å². The van der Waals surface area contributed by atoms with E-state index in [1.165, 1.54) is 0 Å². The lowest BCUT2D eigenvalue weighted by Gasteiger charge is -2.26. The summed E-state index contributed by atoms with van der Waals surface area (Å²) in [5.41, 5.74) is -0.540. The van der Waals surface area contributed by atoms with Crippen LogP contribution in [0.3, 0.4) is 0 Å². The largest absolute Gasteiger partial charge is 0.460 e. The second-order valence-electron chi connectivity index (χ2n) is 9.64. The fourth-order valence-corrected chi connectivity index (χ4v) is 3.27. The summed E-state index contributed by atoms with van der Waals surface area (Å²) in [5, 5.41) is 0. The fourth-order valence-electron chi connectivity index (χ4n) is 3.27. The highest BCUT2D eigenvalue weighted by molar-refractivity contribution is 5.79. The Morgan fingerprint density at radius 1 is 0.649 bits per heavy atom. The molecule has 0 aromatic rings. The van der Waals surface area contributed by atoms with Gasteiger partial charge in [-0.15, -0.1) is 0 Å².